The summed E-state index contributed by atoms with van der Waals surface area (Å²) >= 11 is 0. The second kappa shape index (κ2) is 6.36. The van der Waals surface area contributed by atoms with Crippen LogP contribution >= 0.6 is 0 Å². The topological polar surface area (TPSA) is 106 Å². The molecule has 2 unspecified atom stereocenters. The Kier molecular flexibility index (Phi) is 5.07. The van der Waals surface area contributed by atoms with Crippen LogP contribution in [-0.4, -0.2) is 16.0 Å². The number of nitrogens with two attached hydrogens (primary N) is 1. The molecule has 110 valence electrons. The molecule has 0 saturated carbocycles. The Morgan fingerprint density at radius 2 is 2.05 bits per heavy atom. The minimum absolute atomic E-state index is 0.0519. The van der Waals surface area contributed by atoms with Gasteiger partial charge in [-0.3, -0.25) is 14.9 Å². The van der Waals surface area contributed by atoms with Crippen LogP contribution in [0.25, 0.3) is 0 Å². The monoisotopic (exact) mass is 280 g/mol. The van der Waals surface area contributed by atoms with E-state index in [1.54, 1.807) is 6.07 Å². The molecule has 20 heavy (non-hydrogen) atoms. The van der Waals surface area contributed by atoms with Crippen LogP contribution in [0.2, 0.25) is 0 Å². The van der Waals surface area contributed by atoms with Crippen LogP contribution in [0.3, 0.4) is 0 Å². The van der Waals surface area contributed by atoms with Crippen molar-refractivity contribution in [3.63, 3.8) is 0 Å². The van der Waals surface area contributed by atoms with E-state index in [9.17, 15) is 20.0 Å². The van der Waals surface area contributed by atoms with Gasteiger partial charge in [-0.2, -0.15) is 0 Å². The van der Waals surface area contributed by atoms with Gasteiger partial charge in [-0.05, 0) is 17.4 Å². The first kappa shape index (κ1) is 15.9. The molecule has 6 heteroatoms. The first-order chi connectivity index (χ1) is 9.31. The second-order valence-electron chi connectivity index (χ2n) is 5.17. The fourth-order valence-electron chi connectivity index (χ4n) is 2.64. The van der Waals surface area contributed by atoms with Crippen LogP contribution in [-0.2, 0) is 4.79 Å². The highest BCUT2D eigenvalue weighted by molar-refractivity contribution is 5.81. The number of nitro groups is 1. The van der Waals surface area contributed by atoms with E-state index in [4.69, 9.17) is 5.73 Å². The van der Waals surface area contributed by atoms with Crippen molar-refractivity contribution in [2.45, 2.75) is 33.1 Å². The predicted octanol–water partition coefficient (Wildman–Crippen LogP) is 3.03. The Bertz CT molecular complexity index is 514. The van der Waals surface area contributed by atoms with Gasteiger partial charge < -0.3 is 10.8 Å². The quantitative estimate of drug-likeness (QED) is 0.473. The van der Waals surface area contributed by atoms with Crippen molar-refractivity contribution in [1.29, 1.82) is 0 Å². The fraction of sp³-hybridized carbons (Fsp3) is 0.500. The van der Waals surface area contributed by atoms with E-state index in [2.05, 4.69) is 0 Å². The van der Waals surface area contributed by atoms with Gasteiger partial charge in [0.2, 0.25) is 0 Å². The average molecular weight is 280 g/mol. The third-order valence-corrected chi connectivity index (χ3v) is 3.67. The molecule has 1 aromatic rings. The number of aliphatic carboxylic acids is 1. The zero-order valence-corrected chi connectivity index (χ0v) is 11.9. The molecule has 0 saturated heterocycles. The van der Waals surface area contributed by atoms with Gasteiger partial charge in [-0.25, -0.2) is 0 Å². The Morgan fingerprint density at radius 3 is 2.45 bits per heavy atom. The van der Waals surface area contributed by atoms with Gasteiger partial charge in [0.25, 0.3) is 5.69 Å². The zero-order valence-electron chi connectivity index (χ0n) is 11.9. The number of carbonyl (C=O) groups is 1. The van der Waals surface area contributed by atoms with E-state index in [1.807, 2.05) is 20.8 Å². The minimum atomic E-state index is -1.00. The van der Waals surface area contributed by atoms with Gasteiger partial charge in [-0.1, -0.05) is 39.3 Å². The number of nitrogen functional groups attached to an aromatic ring is 1. The first-order valence-electron chi connectivity index (χ1n) is 6.56. The summed E-state index contributed by atoms with van der Waals surface area (Å²) in [4.78, 5) is 21.9. The summed E-state index contributed by atoms with van der Waals surface area (Å²) in [6.07, 6.45) is 0.663. The molecule has 2 atom stereocenters. The number of para-hydroxylation sites is 1. The van der Waals surface area contributed by atoms with Crippen LogP contribution in [0.5, 0.6) is 0 Å². The van der Waals surface area contributed by atoms with Crippen molar-refractivity contribution in [3.05, 3.63) is 33.9 Å². The van der Waals surface area contributed by atoms with E-state index in [-0.39, 0.29) is 23.2 Å². The predicted molar refractivity (Wildman–Crippen MR) is 76.5 cm³/mol. The van der Waals surface area contributed by atoms with Gasteiger partial charge in [0.1, 0.15) is 5.69 Å². The SMILES string of the molecule is CCC(C(C)C)C(C(=O)O)c1cccc([N+](=O)[O-])c1N. The highest BCUT2D eigenvalue weighted by atomic mass is 16.6. The first-order valence-corrected chi connectivity index (χ1v) is 6.56. The summed E-state index contributed by atoms with van der Waals surface area (Å²) in [7, 11) is 0. The van der Waals surface area contributed by atoms with Crippen LogP contribution < -0.4 is 5.73 Å². The normalized spacial score (nSPS) is 14.0. The van der Waals surface area contributed by atoms with Gasteiger partial charge in [0.05, 0.1) is 10.8 Å². The lowest BCUT2D eigenvalue weighted by Crippen LogP contribution is -2.26. The highest BCUT2D eigenvalue weighted by Crippen LogP contribution is 2.38. The molecule has 0 aliphatic heterocycles. The number of nitro benzene ring substituents is 1. The third-order valence-electron chi connectivity index (χ3n) is 3.67. The van der Waals surface area contributed by atoms with Crippen LogP contribution in [0.1, 0.15) is 38.7 Å². The van der Waals surface area contributed by atoms with Crippen molar-refractivity contribution < 1.29 is 14.8 Å². The highest BCUT2D eigenvalue weighted by Gasteiger charge is 2.33. The number of hydrogen-bond donors (Lipinski definition) is 2. The molecule has 0 fully saturated rings. The summed E-state index contributed by atoms with van der Waals surface area (Å²) < 4.78 is 0. The van der Waals surface area contributed by atoms with Crippen molar-refractivity contribution in [2.75, 3.05) is 5.73 Å². The Morgan fingerprint density at radius 1 is 1.45 bits per heavy atom. The van der Waals surface area contributed by atoms with E-state index < -0.39 is 16.8 Å². The van der Waals surface area contributed by atoms with Crippen molar-refractivity contribution >= 4 is 17.3 Å². The molecule has 1 aromatic carbocycles. The maximum atomic E-state index is 11.6. The molecule has 0 aliphatic rings. The van der Waals surface area contributed by atoms with Gasteiger partial charge in [-0.15, -0.1) is 0 Å². The summed E-state index contributed by atoms with van der Waals surface area (Å²) in [6.45, 7) is 5.80. The lowest BCUT2D eigenvalue weighted by Gasteiger charge is -2.27. The van der Waals surface area contributed by atoms with Crippen molar-refractivity contribution in [2.24, 2.45) is 11.8 Å². The summed E-state index contributed by atoms with van der Waals surface area (Å²) in [5.74, 6) is -1.82. The van der Waals surface area contributed by atoms with E-state index >= 15 is 0 Å². The lowest BCUT2D eigenvalue weighted by molar-refractivity contribution is -0.384. The van der Waals surface area contributed by atoms with Crippen molar-refractivity contribution in [1.82, 2.24) is 0 Å². The largest absolute Gasteiger partial charge is 0.481 e. The minimum Gasteiger partial charge on any atom is -0.481 e. The maximum Gasteiger partial charge on any atom is 0.311 e. The Labute approximate surface area is 117 Å². The van der Waals surface area contributed by atoms with Crippen LogP contribution in [0.4, 0.5) is 11.4 Å². The molecule has 3 N–H and O–H groups in total. The van der Waals surface area contributed by atoms with E-state index in [0.29, 0.717) is 12.0 Å². The number of benzene rings is 1. The molecule has 0 aromatic heterocycles. The lowest BCUT2D eigenvalue weighted by atomic mass is 9.77. The van der Waals surface area contributed by atoms with E-state index in [0.717, 1.165) is 0 Å². The molecule has 0 bridgehead atoms. The average Bonchev–Trinajstić information content (AvgIpc) is 2.35. The summed E-state index contributed by atoms with van der Waals surface area (Å²) in [6, 6.07) is 4.33. The molecular weight excluding hydrogens is 260 g/mol. The maximum absolute atomic E-state index is 11.6. The molecule has 6 nitrogen and oxygen atoms in total. The number of hydrogen-bond acceptors (Lipinski definition) is 4. The molecular formula is C14H20N2O4. The van der Waals surface area contributed by atoms with Gasteiger partial charge in [0, 0.05) is 6.07 Å². The number of nitrogens with zero attached hydrogens (tertiary/aromatic N) is 1. The molecule has 0 radical (unpaired) electrons. The molecule has 1 rings (SSSR count). The molecule has 0 spiro atoms. The second-order valence-corrected chi connectivity index (χ2v) is 5.17. The number of carboxylic acids is 1. The van der Waals surface area contributed by atoms with Gasteiger partial charge in [0.15, 0.2) is 0 Å². The smallest absolute Gasteiger partial charge is 0.311 e. The fourth-order valence-corrected chi connectivity index (χ4v) is 2.64. The standard InChI is InChI=1S/C14H20N2O4/c1-4-9(8(2)3)12(14(17)18)10-6-5-7-11(13(10)15)16(19)20/h5-9,12H,4,15H2,1-3H3,(H,17,18). The Balaban J connectivity index is 3.40. The third kappa shape index (κ3) is 3.07. The zero-order chi connectivity index (χ0) is 15.4. The molecule has 0 heterocycles. The van der Waals surface area contributed by atoms with Gasteiger partial charge >= 0.3 is 5.97 Å². The number of rotatable bonds is 6. The summed E-state index contributed by atoms with van der Waals surface area (Å²) in [5, 5.41) is 20.4. The van der Waals surface area contributed by atoms with Crippen LogP contribution in [0, 0.1) is 22.0 Å². The molecule has 0 aliphatic carbocycles. The van der Waals surface area contributed by atoms with Crippen LogP contribution in [0.15, 0.2) is 18.2 Å². The molecule has 0 amide bonds. The Hall–Kier alpha value is -2.11. The van der Waals surface area contributed by atoms with Crippen molar-refractivity contribution in [3.8, 4) is 0 Å². The number of carboxylic acid groups (broad SMARTS) is 1. The number of anilines is 1. The van der Waals surface area contributed by atoms with E-state index in [1.165, 1.54) is 12.1 Å². The summed E-state index contributed by atoms with van der Waals surface area (Å²) in [5.41, 5.74) is 5.84.